The lowest BCUT2D eigenvalue weighted by Gasteiger charge is -2.39. The molecule has 0 unspecified atom stereocenters. The van der Waals surface area contributed by atoms with E-state index in [-0.39, 0.29) is 54.9 Å². The van der Waals surface area contributed by atoms with E-state index in [1.807, 2.05) is 39.8 Å². The zero-order valence-electron chi connectivity index (χ0n) is 37.4. The Labute approximate surface area is 373 Å². The van der Waals surface area contributed by atoms with Crippen molar-refractivity contribution in [1.82, 2.24) is 43.6 Å². The lowest BCUT2D eigenvalue weighted by molar-refractivity contribution is -0.0647. The van der Waals surface area contributed by atoms with Gasteiger partial charge in [0.2, 0.25) is 23.7 Å². The summed E-state index contributed by atoms with van der Waals surface area (Å²) in [4.78, 5) is 75.1. The normalized spacial score (nSPS) is 13.1. The number of nitrogens with zero attached hydrogens (tertiary/aromatic N) is 9. The molecular weight excluding hydrogens is 839 g/mol. The van der Waals surface area contributed by atoms with E-state index in [9.17, 15) is 24.0 Å². The Hall–Kier alpha value is -7.55. The number of likely N-dealkylation sites (tertiary alicyclic amines) is 1. The number of aryl methyl sites for hydroxylation is 4. The highest BCUT2D eigenvalue weighted by Gasteiger charge is 2.34. The Balaban J connectivity index is 1.15. The standard InChI is InChI=1S/C44H53N13O8/c1-8-57-34(19-26(3)52-57)40(61)50-41-47-30-20-27(37(45)58)12-13-32(30)55(41)14-9-10-15-56-36-31(48-42(56)49-39(60)33-18-25(2)51-53(33)7)21-28(38(46)59)22-35(36)64-17-11-16-63-29-23-54(24-29)43(62)65-44(4,5)6/h9-10,12-13,18-22,29H,8,11,14-17,23-24H2,1-7H3,(H2,45,58)(H2,46,59)(H,47,50,61)(H,48,49,60)/b10-9+. The van der Waals surface area contributed by atoms with Crippen molar-refractivity contribution in [2.45, 2.75) is 79.3 Å². The Morgan fingerprint density at radius 3 is 2.06 bits per heavy atom. The largest absolute Gasteiger partial charge is 0.491 e. The second kappa shape index (κ2) is 18.7. The van der Waals surface area contributed by atoms with Gasteiger partial charge in [0, 0.05) is 44.2 Å². The van der Waals surface area contributed by atoms with Crippen LogP contribution in [0.15, 0.2) is 54.6 Å². The number of benzene rings is 2. The number of nitrogens with one attached hydrogen (secondary N) is 2. The number of allylic oxidation sites excluding steroid dienone is 2. The molecule has 1 aliphatic rings. The van der Waals surface area contributed by atoms with Gasteiger partial charge < -0.3 is 39.7 Å². The molecule has 4 aromatic heterocycles. The quantitative estimate of drug-likeness (QED) is 0.0737. The maximum Gasteiger partial charge on any atom is 0.410 e. The van der Waals surface area contributed by atoms with E-state index in [0.29, 0.717) is 83.3 Å². The third-order valence-electron chi connectivity index (χ3n) is 10.4. The summed E-state index contributed by atoms with van der Waals surface area (Å²) < 4.78 is 24.3. The molecule has 0 radical (unpaired) electrons. The molecule has 0 saturated carbocycles. The molecule has 0 atom stereocenters. The molecular formula is C44H53N13O8. The molecule has 2 aromatic carbocycles. The molecule has 21 heteroatoms. The van der Waals surface area contributed by atoms with E-state index < -0.39 is 29.2 Å². The monoisotopic (exact) mass is 891 g/mol. The van der Waals surface area contributed by atoms with Crippen LogP contribution in [-0.2, 0) is 36.2 Å². The number of aromatic nitrogens is 8. The second-order valence-corrected chi connectivity index (χ2v) is 16.6. The van der Waals surface area contributed by atoms with Gasteiger partial charge in [-0.15, -0.1) is 0 Å². The lowest BCUT2D eigenvalue weighted by atomic mass is 10.1. The van der Waals surface area contributed by atoms with E-state index in [2.05, 4.69) is 25.8 Å². The number of ether oxygens (including phenoxy) is 3. The molecule has 342 valence electrons. The van der Waals surface area contributed by atoms with Crippen molar-refractivity contribution in [2.75, 3.05) is 36.9 Å². The Bertz CT molecular complexity index is 2840. The third-order valence-corrected chi connectivity index (χ3v) is 10.4. The number of carbonyl (C=O) groups excluding carboxylic acids is 5. The number of anilines is 2. The minimum atomic E-state index is -0.697. The van der Waals surface area contributed by atoms with Crippen LogP contribution in [0.25, 0.3) is 22.1 Å². The smallest absolute Gasteiger partial charge is 0.410 e. The van der Waals surface area contributed by atoms with Crippen molar-refractivity contribution >= 4 is 63.7 Å². The summed E-state index contributed by atoms with van der Waals surface area (Å²) in [6.07, 6.45) is 3.65. The average molecular weight is 892 g/mol. The van der Waals surface area contributed by atoms with Crippen LogP contribution in [0.4, 0.5) is 16.7 Å². The van der Waals surface area contributed by atoms with Crippen molar-refractivity contribution in [1.29, 1.82) is 0 Å². The highest BCUT2D eigenvalue weighted by atomic mass is 16.6. The highest BCUT2D eigenvalue weighted by molar-refractivity contribution is 6.05. The molecule has 6 aromatic rings. The molecule has 1 saturated heterocycles. The molecule has 65 heavy (non-hydrogen) atoms. The minimum Gasteiger partial charge on any atom is -0.491 e. The number of imidazole rings is 2. The van der Waals surface area contributed by atoms with E-state index in [1.165, 1.54) is 16.8 Å². The number of carbonyl (C=O) groups is 5. The molecule has 1 aliphatic heterocycles. The van der Waals surface area contributed by atoms with Crippen LogP contribution in [-0.4, -0.2) is 111 Å². The molecule has 6 N–H and O–H groups in total. The van der Waals surface area contributed by atoms with Crippen molar-refractivity contribution in [3.8, 4) is 5.75 Å². The summed E-state index contributed by atoms with van der Waals surface area (Å²) in [5.74, 6) is -1.52. The molecule has 21 nitrogen and oxygen atoms in total. The Morgan fingerprint density at radius 2 is 1.42 bits per heavy atom. The van der Waals surface area contributed by atoms with E-state index in [0.717, 1.165) is 0 Å². The van der Waals surface area contributed by atoms with Crippen LogP contribution < -0.4 is 26.8 Å². The van der Waals surface area contributed by atoms with Crippen LogP contribution in [0, 0.1) is 13.8 Å². The summed E-state index contributed by atoms with van der Waals surface area (Å²) in [6, 6.07) is 11.3. The van der Waals surface area contributed by atoms with Gasteiger partial charge >= 0.3 is 6.09 Å². The third kappa shape index (κ3) is 10.3. The van der Waals surface area contributed by atoms with Crippen LogP contribution in [0.2, 0.25) is 0 Å². The zero-order chi connectivity index (χ0) is 46.7. The first-order valence-electron chi connectivity index (χ1n) is 21.1. The van der Waals surface area contributed by atoms with Gasteiger partial charge in [0.15, 0.2) is 0 Å². The second-order valence-electron chi connectivity index (χ2n) is 16.6. The van der Waals surface area contributed by atoms with E-state index >= 15 is 0 Å². The Morgan fingerprint density at radius 1 is 0.800 bits per heavy atom. The average Bonchev–Trinajstić information content (AvgIpc) is 3.97. The maximum absolute atomic E-state index is 13.7. The van der Waals surface area contributed by atoms with Gasteiger partial charge in [0.05, 0.1) is 60.3 Å². The molecule has 1 fully saturated rings. The zero-order valence-corrected chi connectivity index (χ0v) is 37.4. The minimum absolute atomic E-state index is 0.134. The van der Waals surface area contributed by atoms with E-state index in [4.69, 9.17) is 30.7 Å². The van der Waals surface area contributed by atoms with Crippen LogP contribution in [0.3, 0.4) is 0 Å². The van der Waals surface area contributed by atoms with Gasteiger partial charge in [-0.25, -0.2) is 14.8 Å². The van der Waals surface area contributed by atoms with Crippen LogP contribution in [0.1, 0.15) is 87.2 Å². The summed E-state index contributed by atoms with van der Waals surface area (Å²) >= 11 is 0. The molecule has 0 spiro atoms. The summed E-state index contributed by atoms with van der Waals surface area (Å²) in [6.45, 7) is 13.1. The first-order valence-corrected chi connectivity index (χ1v) is 21.1. The van der Waals surface area contributed by atoms with Crippen molar-refractivity contribution < 1.29 is 38.2 Å². The van der Waals surface area contributed by atoms with Crippen LogP contribution in [0.5, 0.6) is 5.75 Å². The molecule has 0 bridgehead atoms. The summed E-state index contributed by atoms with van der Waals surface area (Å²) in [5.41, 5.74) is 15.0. The molecule has 7 rings (SSSR count). The first-order chi connectivity index (χ1) is 30.9. The van der Waals surface area contributed by atoms with Gasteiger partial charge in [-0.1, -0.05) is 12.2 Å². The Kier molecular flexibility index (Phi) is 13.1. The lowest BCUT2D eigenvalue weighted by Crippen LogP contribution is -2.56. The number of rotatable bonds is 17. The number of hydrogen-bond acceptors (Lipinski definition) is 12. The van der Waals surface area contributed by atoms with Crippen molar-refractivity contribution in [3.63, 3.8) is 0 Å². The van der Waals surface area contributed by atoms with Crippen molar-refractivity contribution in [3.05, 3.63) is 88.5 Å². The van der Waals surface area contributed by atoms with Gasteiger partial charge in [-0.3, -0.25) is 39.2 Å². The highest BCUT2D eigenvalue weighted by Crippen LogP contribution is 2.32. The van der Waals surface area contributed by atoms with Crippen LogP contribution >= 0.6 is 0 Å². The fraction of sp³-hybridized carbons (Fsp3) is 0.386. The topological polar surface area (TPSA) is 264 Å². The number of amides is 5. The van der Waals surface area contributed by atoms with Gasteiger partial charge in [0.25, 0.3) is 11.8 Å². The summed E-state index contributed by atoms with van der Waals surface area (Å²) in [5, 5.41) is 14.5. The van der Waals surface area contributed by atoms with Gasteiger partial charge in [-0.05, 0) is 84.0 Å². The predicted octanol–water partition coefficient (Wildman–Crippen LogP) is 4.32. The molecule has 5 heterocycles. The number of primary amides is 2. The maximum atomic E-state index is 13.7. The van der Waals surface area contributed by atoms with Gasteiger partial charge in [-0.2, -0.15) is 10.2 Å². The van der Waals surface area contributed by atoms with Gasteiger partial charge in [0.1, 0.15) is 28.3 Å². The fourth-order valence-electron chi connectivity index (χ4n) is 7.31. The number of fused-ring (bicyclic) bond motifs is 2. The first kappa shape index (κ1) is 45.5. The molecule has 5 amide bonds. The van der Waals surface area contributed by atoms with Crippen molar-refractivity contribution in [2.24, 2.45) is 18.5 Å². The number of hydrogen-bond donors (Lipinski definition) is 4. The number of nitrogens with two attached hydrogens (primary N) is 2. The molecule has 0 aliphatic carbocycles. The predicted molar refractivity (Wildman–Crippen MR) is 240 cm³/mol. The van der Waals surface area contributed by atoms with E-state index in [1.54, 1.807) is 69.9 Å². The summed E-state index contributed by atoms with van der Waals surface area (Å²) in [7, 11) is 1.66. The SMILES string of the molecule is CCn1nc(C)cc1C(=O)Nc1nc2cc(C(N)=O)ccc2n1C/C=C/Cn1c(NC(=O)c2cc(C)nn2C)nc2cc(C(N)=O)cc(OCCCOC3CN(C(=O)OC(C)(C)C)C3)c21. The fourth-order valence-corrected chi connectivity index (χ4v) is 7.31.